The summed E-state index contributed by atoms with van der Waals surface area (Å²) in [4.78, 5) is 23.4. The van der Waals surface area contributed by atoms with Crippen molar-refractivity contribution < 1.29 is 9.59 Å². The fourth-order valence-corrected chi connectivity index (χ4v) is 2.10. The third-order valence-corrected chi connectivity index (χ3v) is 3.65. The maximum absolute atomic E-state index is 11.7. The average molecular weight is 381 g/mol. The molecule has 5 nitrogen and oxygen atoms in total. The number of rotatable bonds is 3. The van der Waals surface area contributed by atoms with Crippen LogP contribution >= 0.6 is 27.5 Å². The molecule has 2 rings (SSSR count). The molecule has 0 heterocycles. The Balaban J connectivity index is 1.94. The number of anilines is 1. The van der Waals surface area contributed by atoms with Crippen LogP contribution in [0.4, 0.5) is 5.69 Å². The zero-order valence-corrected chi connectivity index (χ0v) is 13.6. The molecule has 112 valence electrons. The lowest BCUT2D eigenvalue weighted by molar-refractivity contribution is -0.136. The topological polar surface area (TPSA) is 70.6 Å². The van der Waals surface area contributed by atoms with Crippen LogP contribution in [0.2, 0.25) is 5.02 Å². The number of para-hydroxylation sites is 1. The van der Waals surface area contributed by atoms with Crippen LogP contribution in [-0.4, -0.2) is 18.0 Å². The highest BCUT2D eigenvalue weighted by Gasteiger charge is 2.14. The molecule has 0 aliphatic carbocycles. The minimum absolute atomic E-state index is 0.348. The summed E-state index contributed by atoms with van der Waals surface area (Å²) < 4.78 is 0.827. The molecule has 22 heavy (non-hydrogen) atoms. The monoisotopic (exact) mass is 379 g/mol. The Morgan fingerprint density at radius 3 is 2.45 bits per heavy atom. The molecule has 0 aliphatic rings. The third-order valence-electron chi connectivity index (χ3n) is 2.60. The Morgan fingerprint density at radius 1 is 1.05 bits per heavy atom. The van der Waals surface area contributed by atoms with Gasteiger partial charge in [-0.1, -0.05) is 57.9 Å². The van der Waals surface area contributed by atoms with Crippen molar-refractivity contribution in [1.82, 2.24) is 5.43 Å². The fourth-order valence-electron chi connectivity index (χ4n) is 1.53. The van der Waals surface area contributed by atoms with E-state index in [-0.39, 0.29) is 0 Å². The molecule has 2 N–H and O–H groups in total. The number of hydrogen-bond donors (Lipinski definition) is 2. The lowest BCUT2D eigenvalue weighted by Gasteiger charge is -2.05. The number of carbonyl (C=O) groups is 2. The van der Waals surface area contributed by atoms with Crippen LogP contribution in [0.5, 0.6) is 0 Å². The molecule has 0 radical (unpaired) electrons. The first-order chi connectivity index (χ1) is 10.6. The predicted molar refractivity (Wildman–Crippen MR) is 90.0 cm³/mol. The Kier molecular flexibility index (Phi) is 5.68. The molecule has 2 amide bonds. The van der Waals surface area contributed by atoms with Gasteiger partial charge < -0.3 is 5.32 Å². The fraction of sp³-hybridized carbons (Fsp3) is 0. The minimum Gasteiger partial charge on any atom is -0.316 e. The lowest BCUT2D eigenvalue weighted by atomic mass is 10.2. The summed E-state index contributed by atoms with van der Waals surface area (Å²) >= 11 is 9.24. The van der Waals surface area contributed by atoms with Crippen LogP contribution in [0, 0.1) is 0 Å². The van der Waals surface area contributed by atoms with Gasteiger partial charge in [-0.15, -0.1) is 0 Å². The first kappa shape index (κ1) is 16.2. The van der Waals surface area contributed by atoms with Crippen molar-refractivity contribution in [3.8, 4) is 0 Å². The number of hydrogen-bond acceptors (Lipinski definition) is 3. The second kappa shape index (κ2) is 7.72. The van der Waals surface area contributed by atoms with Crippen molar-refractivity contribution in [2.45, 2.75) is 0 Å². The maximum Gasteiger partial charge on any atom is 0.329 e. The number of benzene rings is 2. The van der Waals surface area contributed by atoms with Crippen molar-refractivity contribution in [2.24, 2.45) is 5.10 Å². The van der Waals surface area contributed by atoms with Gasteiger partial charge >= 0.3 is 11.8 Å². The molecule has 0 aromatic heterocycles. The summed E-state index contributed by atoms with van der Waals surface area (Å²) in [6.45, 7) is 0. The van der Waals surface area contributed by atoms with E-state index in [9.17, 15) is 9.59 Å². The zero-order chi connectivity index (χ0) is 15.9. The summed E-state index contributed by atoms with van der Waals surface area (Å²) in [6, 6.07) is 14.0. The number of hydrazone groups is 1. The van der Waals surface area contributed by atoms with Gasteiger partial charge in [0.2, 0.25) is 0 Å². The van der Waals surface area contributed by atoms with Gasteiger partial charge in [0.05, 0.1) is 16.9 Å². The first-order valence-electron chi connectivity index (χ1n) is 6.21. The van der Waals surface area contributed by atoms with Crippen LogP contribution < -0.4 is 10.7 Å². The average Bonchev–Trinajstić information content (AvgIpc) is 2.51. The van der Waals surface area contributed by atoms with Crippen molar-refractivity contribution in [3.05, 3.63) is 63.6 Å². The van der Waals surface area contributed by atoms with Crippen LogP contribution in [0.25, 0.3) is 0 Å². The molecule has 0 aliphatic heterocycles. The predicted octanol–water partition coefficient (Wildman–Crippen LogP) is 3.19. The molecule has 0 spiro atoms. The van der Waals surface area contributed by atoms with Gasteiger partial charge in [0, 0.05) is 10.0 Å². The van der Waals surface area contributed by atoms with E-state index in [0.29, 0.717) is 10.7 Å². The van der Waals surface area contributed by atoms with E-state index in [4.69, 9.17) is 11.6 Å². The van der Waals surface area contributed by atoms with E-state index in [0.717, 1.165) is 10.0 Å². The Bertz CT molecular complexity index is 734. The van der Waals surface area contributed by atoms with Crippen molar-refractivity contribution in [1.29, 1.82) is 0 Å². The van der Waals surface area contributed by atoms with Crippen LogP contribution in [0.15, 0.2) is 58.1 Å². The van der Waals surface area contributed by atoms with Gasteiger partial charge in [-0.3, -0.25) is 9.59 Å². The number of amides is 2. The number of halogens is 2. The molecule has 0 fully saturated rings. The highest BCUT2D eigenvalue weighted by atomic mass is 79.9. The summed E-state index contributed by atoms with van der Waals surface area (Å²) in [5.74, 6) is -1.74. The molecular weight excluding hydrogens is 370 g/mol. The van der Waals surface area contributed by atoms with Gasteiger partial charge in [-0.25, -0.2) is 5.43 Å². The Hall–Kier alpha value is -2.18. The SMILES string of the molecule is O=C(N/N=C\c1ccccc1Br)C(=O)Nc1ccccc1Cl. The van der Waals surface area contributed by atoms with E-state index >= 15 is 0 Å². The zero-order valence-electron chi connectivity index (χ0n) is 11.2. The van der Waals surface area contributed by atoms with Gasteiger partial charge in [0.1, 0.15) is 0 Å². The molecule has 7 heteroatoms. The Labute approximate surface area is 140 Å². The molecule has 0 saturated carbocycles. The number of carbonyl (C=O) groups excluding carboxylic acids is 2. The summed E-state index contributed by atoms with van der Waals surface area (Å²) in [7, 11) is 0. The van der Waals surface area contributed by atoms with Crippen LogP contribution in [0.3, 0.4) is 0 Å². The molecule has 0 saturated heterocycles. The van der Waals surface area contributed by atoms with E-state index in [2.05, 4.69) is 31.8 Å². The van der Waals surface area contributed by atoms with E-state index in [1.54, 1.807) is 24.3 Å². The van der Waals surface area contributed by atoms with Crippen LogP contribution in [-0.2, 0) is 9.59 Å². The molecule has 0 atom stereocenters. The largest absolute Gasteiger partial charge is 0.329 e. The van der Waals surface area contributed by atoms with Crippen molar-refractivity contribution >= 4 is 51.2 Å². The molecule has 0 bridgehead atoms. The third kappa shape index (κ3) is 4.41. The van der Waals surface area contributed by atoms with Gasteiger partial charge in [-0.2, -0.15) is 5.10 Å². The normalized spacial score (nSPS) is 10.5. The first-order valence-corrected chi connectivity index (χ1v) is 7.38. The number of nitrogens with one attached hydrogen (secondary N) is 2. The molecule has 2 aromatic carbocycles. The smallest absolute Gasteiger partial charge is 0.316 e. The number of nitrogens with zero attached hydrogens (tertiary/aromatic N) is 1. The maximum atomic E-state index is 11.7. The van der Waals surface area contributed by atoms with Crippen molar-refractivity contribution in [2.75, 3.05) is 5.32 Å². The quantitative estimate of drug-likeness (QED) is 0.488. The summed E-state index contributed by atoms with van der Waals surface area (Å²) in [5.41, 5.74) is 3.29. The summed E-state index contributed by atoms with van der Waals surface area (Å²) in [6.07, 6.45) is 1.44. The minimum atomic E-state index is -0.886. The Morgan fingerprint density at radius 2 is 1.73 bits per heavy atom. The van der Waals surface area contributed by atoms with Gasteiger partial charge in [-0.05, 0) is 18.2 Å². The molecule has 2 aromatic rings. The molecular formula is C15H11BrClN3O2. The highest BCUT2D eigenvalue weighted by molar-refractivity contribution is 9.10. The van der Waals surface area contributed by atoms with Gasteiger partial charge in [0.15, 0.2) is 0 Å². The van der Waals surface area contributed by atoms with E-state index in [1.807, 2.05) is 24.3 Å². The van der Waals surface area contributed by atoms with E-state index in [1.165, 1.54) is 6.21 Å². The second-order valence-corrected chi connectivity index (χ2v) is 5.42. The molecule has 0 unspecified atom stereocenters. The lowest BCUT2D eigenvalue weighted by Crippen LogP contribution is -2.32. The summed E-state index contributed by atoms with van der Waals surface area (Å²) in [5, 5.41) is 6.49. The standard InChI is InChI=1S/C15H11BrClN3O2/c16-11-6-2-1-5-10(11)9-18-20-15(22)14(21)19-13-8-4-3-7-12(13)17/h1-9H,(H,19,21)(H,20,22)/b18-9-. The van der Waals surface area contributed by atoms with Gasteiger partial charge in [0.25, 0.3) is 0 Å². The van der Waals surface area contributed by atoms with Crippen LogP contribution in [0.1, 0.15) is 5.56 Å². The highest BCUT2D eigenvalue weighted by Crippen LogP contribution is 2.20. The van der Waals surface area contributed by atoms with E-state index < -0.39 is 11.8 Å². The van der Waals surface area contributed by atoms with Crippen molar-refractivity contribution in [3.63, 3.8) is 0 Å². The second-order valence-electron chi connectivity index (χ2n) is 4.15.